The van der Waals surface area contributed by atoms with Crippen LogP contribution in [0.5, 0.6) is 0 Å². The van der Waals surface area contributed by atoms with Crippen molar-refractivity contribution in [2.75, 3.05) is 11.9 Å². The molecular formula is C15H20FN3. The van der Waals surface area contributed by atoms with Crippen LogP contribution < -0.4 is 5.32 Å². The highest BCUT2D eigenvalue weighted by atomic mass is 19.1. The minimum Gasteiger partial charge on any atom is -0.355 e. The molecule has 0 amide bonds. The second kappa shape index (κ2) is 6.36. The maximum absolute atomic E-state index is 13.0. The van der Waals surface area contributed by atoms with Gasteiger partial charge in [-0.1, -0.05) is 26.0 Å². The fourth-order valence-electron chi connectivity index (χ4n) is 2.03. The molecule has 0 saturated heterocycles. The SMILES string of the molecule is CC(C)Cn1ccnc1NCCc1cccc(F)c1. The van der Waals surface area contributed by atoms with E-state index in [0.717, 1.165) is 31.0 Å². The zero-order chi connectivity index (χ0) is 13.7. The van der Waals surface area contributed by atoms with Crippen molar-refractivity contribution in [2.45, 2.75) is 26.8 Å². The van der Waals surface area contributed by atoms with Crippen molar-refractivity contribution in [1.82, 2.24) is 9.55 Å². The minimum absolute atomic E-state index is 0.182. The molecule has 1 heterocycles. The van der Waals surface area contributed by atoms with E-state index in [0.29, 0.717) is 5.92 Å². The highest BCUT2D eigenvalue weighted by Crippen LogP contribution is 2.09. The van der Waals surface area contributed by atoms with Crippen molar-refractivity contribution >= 4 is 5.95 Å². The molecule has 0 aliphatic carbocycles. The van der Waals surface area contributed by atoms with Gasteiger partial charge < -0.3 is 9.88 Å². The van der Waals surface area contributed by atoms with Gasteiger partial charge in [-0.3, -0.25) is 0 Å². The Morgan fingerprint density at radius 3 is 2.95 bits per heavy atom. The predicted molar refractivity (Wildman–Crippen MR) is 75.7 cm³/mol. The Morgan fingerprint density at radius 1 is 1.37 bits per heavy atom. The molecule has 0 aliphatic heterocycles. The summed E-state index contributed by atoms with van der Waals surface area (Å²) in [6.45, 7) is 6.05. The van der Waals surface area contributed by atoms with Crippen LogP contribution in [0.2, 0.25) is 0 Å². The van der Waals surface area contributed by atoms with Gasteiger partial charge in [0.05, 0.1) is 0 Å². The third kappa shape index (κ3) is 4.09. The highest BCUT2D eigenvalue weighted by Gasteiger charge is 2.04. The van der Waals surface area contributed by atoms with Crippen LogP contribution in [-0.2, 0) is 13.0 Å². The van der Waals surface area contributed by atoms with Gasteiger partial charge in [0.15, 0.2) is 0 Å². The summed E-state index contributed by atoms with van der Waals surface area (Å²) in [5.41, 5.74) is 0.995. The van der Waals surface area contributed by atoms with Gasteiger partial charge in [-0.25, -0.2) is 9.37 Å². The average Bonchev–Trinajstić information content (AvgIpc) is 2.76. The molecule has 0 spiro atoms. The summed E-state index contributed by atoms with van der Waals surface area (Å²) in [5.74, 6) is 1.28. The molecule has 0 bridgehead atoms. The normalized spacial score (nSPS) is 10.9. The molecule has 0 aliphatic rings. The Balaban J connectivity index is 1.87. The number of nitrogens with zero attached hydrogens (tertiary/aromatic N) is 2. The van der Waals surface area contributed by atoms with Crippen LogP contribution >= 0.6 is 0 Å². The van der Waals surface area contributed by atoms with E-state index >= 15 is 0 Å². The van der Waals surface area contributed by atoms with Crippen LogP contribution in [-0.4, -0.2) is 16.1 Å². The third-order valence-corrected chi connectivity index (χ3v) is 2.86. The number of hydrogen-bond donors (Lipinski definition) is 1. The lowest BCUT2D eigenvalue weighted by Crippen LogP contribution is -2.12. The molecule has 4 heteroatoms. The predicted octanol–water partition coefficient (Wildman–Crippen LogP) is 3.33. The first-order valence-corrected chi connectivity index (χ1v) is 6.64. The van der Waals surface area contributed by atoms with E-state index in [2.05, 4.69) is 28.7 Å². The van der Waals surface area contributed by atoms with Gasteiger partial charge in [0.2, 0.25) is 5.95 Å². The highest BCUT2D eigenvalue weighted by molar-refractivity contribution is 5.27. The molecule has 0 fully saturated rings. The lowest BCUT2D eigenvalue weighted by Gasteiger charge is -2.11. The van der Waals surface area contributed by atoms with E-state index in [4.69, 9.17) is 0 Å². The largest absolute Gasteiger partial charge is 0.355 e. The Morgan fingerprint density at radius 2 is 2.21 bits per heavy atom. The van der Waals surface area contributed by atoms with Gasteiger partial charge in [-0.15, -0.1) is 0 Å². The van der Waals surface area contributed by atoms with Crippen molar-refractivity contribution in [2.24, 2.45) is 5.92 Å². The zero-order valence-electron chi connectivity index (χ0n) is 11.4. The smallest absolute Gasteiger partial charge is 0.202 e. The van der Waals surface area contributed by atoms with E-state index < -0.39 is 0 Å². The quantitative estimate of drug-likeness (QED) is 0.864. The molecule has 102 valence electrons. The van der Waals surface area contributed by atoms with Crippen LogP contribution in [0.25, 0.3) is 0 Å². The lowest BCUT2D eigenvalue weighted by atomic mass is 10.1. The summed E-state index contributed by atoms with van der Waals surface area (Å²) in [7, 11) is 0. The summed E-state index contributed by atoms with van der Waals surface area (Å²) in [6.07, 6.45) is 4.56. The summed E-state index contributed by atoms with van der Waals surface area (Å²) >= 11 is 0. The second-order valence-electron chi connectivity index (χ2n) is 5.10. The molecule has 19 heavy (non-hydrogen) atoms. The van der Waals surface area contributed by atoms with Crippen LogP contribution in [0.1, 0.15) is 19.4 Å². The molecular weight excluding hydrogens is 241 g/mol. The van der Waals surface area contributed by atoms with E-state index in [1.165, 1.54) is 6.07 Å². The van der Waals surface area contributed by atoms with Crippen molar-refractivity contribution in [1.29, 1.82) is 0 Å². The molecule has 1 N–H and O–H groups in total. The summed E-state index contributed by atoms with van der Waals surface area (Å²) in [4.78, 5) is 4.30. The Hall–Kier alpha value is -1.84. The van der Waals surface area contributed by atoms with E-state index in [9.17, 15) is 4.39 Å². The number of anilines is 1. The fourth-order valence-corrected chi connectivity index (χ4v) is 2.03. The number of nitrogens with one attached hydrogen (secondary N) is 1. The number of rotatable bonds is 6. The number of hydrogen-bond acceptors (Lipinski definition) is 2. The van der Waals surface area contributed by atoms with Gasteiger partial charge in [0, 0.05) is 25.5 Å². The first-order chi connectivity index (χ1) is 9.15. The summed E-state index contributed by atoms with van der Waals surface area (Å²) < 4.78 is 15.1. The number of imidazole rings is 1. The summed E-state index contributed by atoms with van der Waals surface area (Å²) in [5, 5.41) is 3.30. The molecule has 0 radical (unpaired) electrons. The molecule has 1 aromatic heterocycles. The van der Waals surface area contributed by atoms with Crippen molar-refractivity contribution in [3.05, 3.63) is 48.0 Å². The molecule has 2 rings (SSSR count). The van der Waals surface area contributed by atoms with Gasteiger partial charge >= 0.3 is 0 Å². The molecule has 0 atom stereocenters. The monoisotopic (exact) mass is 261 g/mol. The van der Waals surface area contributed by atoms with Gasteiger partial charge in [0.1, 0.15) is 5.82 Å². The van der Waals surface area contributed by atoms with E-state index in [1.807, 2.05) is 12.3 Å². The van der Waals surface area contributed by atoms with E-state index in [-0.39, 0.29) is 5.82 Å². The van der Waals surface area contributed by atoms with Crippen LogP contribution in [0, 0.1) is 11.7 Å². The minimum atomic E-state index is -0.182. The Bertz CT molecular complexity index is 520. The number of benzene rings is 1. The van der Waals surface area contributed by atoms with Crippen molar-refractivity contribution in [3.8, 4) is 0 Å². The average molecular weight is 261 g/mol. The summed E-state index contributed by atoms with van der Waals surface area (Å²) in [6, 6.07) is 6.71. The maximum atomic E-state index is 13.0. The van der Waals surface area contributed by atoms with E-state index in [1.54, 1.807) is 18.3 Å². The first-order valence-electron chi connectivity index (χ1n) is 6.64. The molecule has 2 aromatic rings. The topological polar surface area (TPSA) is 29.9 Å². The maximum Gasteiger partial charge on any atom is 0.202 e. The number of aromatic nitrogens is 2. The third-order valence-electron chi connectivity index (χ3n) is 2.86. The first kappa shape index (κ1) is 13.6. The molecule has 0 saturated carbocycles. The van der Waals surface area contributed by atoms with Crippen LogP contribution in [0.3, 0.4) is 0 Å². The Labute approximate surface area is 113 Å². The van der Waals surface area contributed by atoms with Gasteiger partial charge in [-0.05, 0) is 30.0 Å². The number of halogens is 1. The second-order valence-corrected chi connectivity index (χ2v) is 5.10. The fraction of sp³-hybridized carbons (Fsp3) is 0.400. The van der Waals surface area contributed by atoms with Crippen LogP contribution in [0.15, 0.2) is 36.7 Å². The zero-order valence-corrected chi connectivity index (χ0v) is 11.4. The lowest BCUT2D eigenvalue weighted by molar-refractivity contribution is 0.526. The standard InChI is InChI=1S/C15H20FN3/c1-12(2)11-19-9-8-18-15(19)17-7-6-13-4-3-5-14(16)10-13/h3-5,8-10,12H,6-7,11H2,1-2H3,(H,17,18). The molecule has 3 nitrogen and oxygen atoms in total. The van der Waals surface area contributed by atoms with Crippen molar-refractivity contribution < 1.29 is 4.39 Å². The molecule has 0 unspecified atom stereocenters. The van der Waals surface area contributed by atoms with Crippen LogP contribution in [0.4, 0.5) is 10.3 Å². The Kier molecular flexibility index (Phi) is 4.55. The van der Waals surface area contributed by atoms with Gasteiger partial charge in [-0.2, -0.15) is 0 Å². The van der Waals surface area contributed by atoms with Gasteiger partial charge in [0.25, 0.3) is 0 Å². The molecule has 1 aromatic carbocycles. The van der Waals surface area contributed by atoms with Crippen molar-refractivity contribution in [3.63, 3.8) is 0 Å².